The van der Waals surface area contributed by atoms with E-state index in [1.165, 1.54) is 0 Å². The van der Waals surface area contributed by atoms with Crippen LogP contribution in [0.5, 0.6) is 0 Å². The first-order chi connectivity index (χ1) is 10.6. The van der Waals surface area contributed by atoms with Gasteiger partial charge in [-0.2, -0.15) is 0 Å². The molecule has 1 saturated heterocycles. The van der Waals surface area contributed by atoms with E-state index in [0.717, 1.165) is 51.9 Å². The van der Waals surface area contributed by atoms with E-state index in [4.69, 9.17) is 4.74 Å². The molecular formula is C17H29N3O3. The zero-order chi connectivity index (χ0) is 16.9. The predicted octanol–water partition coefficient (Wildman–Crippen LogP) is 1.60. The molecule has 0 aromatic rings. The van der Waals surface area contributed by atoms with Crippen LogP contribution in [0.4, 0.5) is 4.79 Å². The number of ether oxygens (including phenoxy) is 1. The van der Waals surface area contributed by atoms with Crippen molar-refractivity contribution in [2.45, 2.75) is 57.6 Å². The van der Waals surface area contributed by atoms with Gasteiger partial charge in [0.15, 0.2) is 0 Å². The number of hydrogen-bond acceptors (Lipinski definition) is 4. The number of alkyl carbamates (subject to hydrolysis) is 1. The van der Waals surface area contributed by atoms with Gasteiger partial charge in [0, 0.05) is 25.2 Å². The summed E-state index contributed by atoms with van der Waals surface area (Å²) in [5.41, 5.74) is -0.891. The van der Waals surface area contributed by atoms with Crippen LogP contribution in [0.25, 0.3) is 0 Å². The molecule has 4 fully saturated rings. The Morgan fingerprint density at radius 1 is 1.04 bits per heavy atom. The Morgan fingerprint density at radius 3 is 2.30 bits per heavy atom. The summed E-state index contributed by atoms with van der Waals surface area (Å²) in [4.78, 5) is 29.0. The lowest BCUT2D eigenvalue weighted by Gasteiger charge is -2.69. The highest BCUT2D eigenvalue weighted by Gasteiger charge is 2.73. The topological polar surface area (TPSA) is 61.9 Å². The molecule has 4 rings (SSSR count). The number of nitrogens with zero attached hydrogens (tertiary/aromatic N) is 2. The van der Waals surface area contributed by atoms with Gasteiger partial charge in [-0.25, -0.2) is 4.79 Å². The van der Waals surface area contributed by atoms with Crippen LogP contribution < -0.4 is 5.32 Å². The van der Waals surface area contributed by atoms with Crippen LogP contribution in [0.1, 0.15) is 46.5 Å². The fourth-order valence-electron chi connectivity index (χ4n) is 4.25. The third-order valence-electron chi connectivity index (χ3n) is 5.26. The molecule has 3 aliphatic carbocycles. The lowest BCUT2D eigenvalue weighted by Crippen LogP contribution is -2.78. The van der Waals surface area contributed by atoms with E-state index < -0.39 is 5.60 Å². The third-order valence-corrected chi connectivity index (χ3v) is 5.26. The standard InChI is InChI=1S/C17H29N3O3/c1-15(2,3)23-14(22)18-17-10-16(11-17,12-17)13(21)20-7-5-6-19(4)8-9-20/h5-12H2,1-4H3,(H,18,22). The molecule has 1 heterocycles. The van der Waals surface area contributed by atoms with E-state index in [0.29, 0.717) is 5.91 Å². The Balaban J connectivity index is 1.50. The highest BCUT2D eigenvalue weighted by molar-refractivity contribution is 5.88. The van der Waals surface area contributed by atoms with E-state index in [-0.39, 0.29) is 17.0 Å². The maximum atomic E-state index is 12.8. The van der Waals surface area contributed by atoms with Crippen LogP contribution in [0, 0.1) is 5.41 Å². The zero-order valence-corrected chi connectivity index (χ0v) is 14.8. The Morgan fingerprint density at radius 2 is 1.70 bits per heavy atom. The smallest absolute Gasteiger partial charge is 0.408 e. The number of rotatable bonds is 2. The van der Waals surface area contributed by atoms with Gasteiger partial charge in [0.25, 0.3) is 0 Å². The lowest BCUT2D eigenvalue weighted by molar-refractivity contribution is -0.190. The van der Waals surface area contributed by atoms with Crippen molar-refractivity contribution in [2.75, 3.05) is 33.2 Å². The number of likely N-dealkylation sites (N-methyl/N-ethyl adjacent to an activating group) is 1. The minimum absolute atomic E-state index is 0.194. The zero-order valence-electron chi connectivity index (χ0n) is 14.8. The minimum atomic E-state index is -0.487. The summed E-state index contributed by atoms with van der Waals surface area (Å²) in [7, 11) is 2.11. The number of amides is 2. The maximum Gasteiger partial charge on any atom is 0.408 e. The molecule has 0 atom stereocenters. The Bertz CT molecular complexity index is 492. The molecular weight excluding hydrogens is 294 g/mol. The molecule has 6 nitrogen and oxygen atoms in total. The van der Waals surface area contributed by atoms with E-state index in [2.05, 4.69) is 17.3 Å². The van der Waals surface area contributed by atoms with Crippen molar-refractivity contribution in [3.63, 3.8) is 0 Å². The predicted molar refractivity (Wildman–Crippen MR) is 87.1 cm³/mol. The molecule has 6 heteroatoms. The van der Waals surface area contributed by atoms with Crippen LogP contribution >= 0.6 is 0 Å². The van der Waals surface area contributed by atoms with Gasteiger partial charge in [-0.15, -0.1) is 0 Å². The van der Waals surface area contributed by atoms with E-state index in [9.17, 15) is 9.59 Å². The Hall–Kier alpha value is -1.30. The Kier molecular flexibility index (Phi) is 3.86. The lowest BCUT2D eigenvalue weighted by atomic mass is 9.39. The van der Waals surface area contributed by atoms with Crippen molar-refractivity contribution in [3.8, 4) is 0 Å². The molecule has 0 unspecified atom stereocenters. The molecule has 2 amide bonds. The van der Waals surface area contributed by atoms with Crippen molar-refractivity contribution < 1.29 is 14.3 Å². The molecule has 0 spiro atoms. The number of carbonyl (C=O) groups excluding carboxylic acids is 2. The van der Waals surface area contributed by atoms with E-state index in [1.807, 2.05) is 25.7 Å². The van der Waals surface area contributed by atoms with Gasteiger partial charge in [-0.1, -0.05) is 0 Å². The van der Waals surface area contributed by atoms with Gasteiger partial charge >= 0.3 is 6.09 Å². The molecule has 1 aliphatic heterocycles. The van der Waals surface area contributed by atoms with Crippen molar-refractivity contribution in [1.29, 1.82) is 0 Å². The fraction of sp³-hybridized carbons (Fsp3) is 0.882. The fourth-order valence-corrected chi connectivity index (χ4v) is 4.25. The van der Waals surface area contributed by atoms with Crippen LogP contribution in [0.3, 0.4) is 0 Å². The second-order valence-electron chi connectivity index (χ2n) is 8.67. The average Bonchev–Trinajstić information content (AvgIpc) is 2.54. The van der Waals surface area contributed by atoms with Crippen molar-refractivity contribution in [1.82, 2.24) is 15.1 Å². The largest absolute Gasteiger partial charge is 0.444 e. The first-order valence-electron chi connectivity index (χ1n) is 8.62. The van der Waals surface area contributed by atoms with Gasteiger partial charge in [-0.05, 0) is 60.0 Å². The summed E-state index contributed by atoms with van der Waals surface area (Å²) in [6.45, 7) is 9.26. The maximum absolute atomic E-state index is 12.8. The molecule has 1 N–H and O–H groups in total. The van der Waals surface area contributed by atoms with Crippen LogP contribution in [0.2, 0.25) is 0 Å². The van der Waals surface area contributed by atoms with Gasteiger partial charge in [0.2, 0.25) is 5.91 Å². The van der Waals surface area contributed by atoms with Gasteiger partial charge in [0.1, 0.15) is 5.60 Å². The van der Waals surface area contributed by atoms with Gasteiger partial charge in [0.05, 0.1) is 5.41 Å². The number of hydrogen-bond donors (Lipinski definition) is 1. The first kappa shape index (κ1) is 16.6. The van der Waals surface area contributed by atoms with Crippen molar-refractivity contribution in [2.24, 2.45) is 5.41 Å². The molecule has 0 aromatic heterocycles. The highest BCUT2D eigenvalue weighted by Crippen LogP contribution is 2.67. The molecule has 3 saturated carbocycles. The summed E-state index contributed by atoms with van der Waals surface area (Å²) in [5.74, 6) is 0.292. The average molecular weight is 323 g/mol. The quantitative estimate of drug-likeness (QED) is 0.838. The summed E-state index contributed by atoms with van der Waals surface area (Å²) in [6, 6.07) is 0. The Labute approximate surface area is 138 Å². The van der Waals surface area contributed by atoms with Crippen LogP contribution in [-0.4, -0.2) is 66.2 Å². The minimum Gasteiger partial charge on any atom is -0.444 e. The van der Waals surface area contributed by atoms with E-state index >= 15 is 0 Å². The summed E-state index contributed by atoms with van der Waals surface area (Å²) in [6.07, 6.45) is 2.98. The van der Waals surface area contributed by atoms with E-state index in [1.54, 1.807) is 0 Å². The highest BCUT2D eigenvalue weighted by atomic mass is 16.6. The van der Waals surface area contributed by atoms with Crippen LogP contribution in [-0.2, 0) is 9.53 Å². The molecule has 0 aromatic carbocycles. The summed E-state index contributed by atoms with van der Waals surface area (Å²) in [5, 5.41) is 2.98. The van der Waals surface area contributed by atoms with Gasteiger partial charge < -0.3 is 19.9 Å². The molecule has 23 heavy (non-hydrogen) atoms. The number of carbonyl (C=O) groups is 2. The van der Waals surface area contributed by atoms with Crippen molar-refractivity contribution >= 4 is 12.0 Å². The third kappa shape index (κ3) is 3.18. The second-order valence-corrected chi connectivity index (χ2v) is 8.67. The number of nitrogens with one attached hydrogen (secondary N) is 1. The second kappa shape index (κ2) is 5.36. The van der Waals surface area contributed by atoms with Crippen molar-refractivity contribution in [3.05, 3.63) is 0 Å². The van der Waals surface area contributed by atoms with Gasteiger partial charge in [-0.3, -0.25) is 4.79 Å². The SMILES string of the molecule is CN1CCCN(C(=O)C23CC(NC(=O)OC(C)(C)C)(C2)C3)CC1. The first-order valence-corrected chi connectivity index (χ1v) is 8.62. The monoisotopic (exact) mass is 323 g/mol. The molecule has 2 bridgehead atoms. The molecule has 130 valence electrons. The summed E-state index contributed by atoms with van der Waals surface area (Å²) < 4.78 is 5.32. The molecule has 4 aliphatic rings. The van der Waals surface area contributed by atoms with Crippen LogP contribution in [0.15, 0.2) is 0 Å². The molecule has 0 radical (unpaired) electrons. The normalized spacial score (nSPS) is 34.0. The summed E-state index contributed by atoms with van der Waals surface area (Å²) >= 11 is 0.